The van der Waals surface area contributed by atoms with Crippen LogP contribution in [0.5, 0.6) is 0 Å². The van der Waals surface area contributed by atoms with Gasteiger partial charge in [0.25, 0.3) is 0 Å². The van der Waals surface area contributed by atoms with Gasteiger partial charge >= 0.3 is 35.7 Å². The summed E-state index contributed by atoms with van der Waals surface area (Å²) in [6, 6.07) is 0. The second kappa shape index (κ2) is 24.3. The van der Waals surface area contributed by atoms with E-state index in [2.05, 4.69) is 4.89 Å². The van der Waals surface area contributed by atoms with Crippen LogP contribution in [-0.2, 0) is 4.89 Å². The summed E-state index contributed by atoms with van der Waals surface area (Å²) in [6.45, 7) is 0. The molecule has 0 heterocycles. The predicted molar refractivity (Wildman–Crippen MR) is 29.7 cm³/mol. The van der Waals surface area contributed by atoms with Gasteiger partial charge in [-0.25, -0.2) is 4.79 Å². The van der Waals surface area contributed by atoms with E-state index in [1.54, 1.807) is 0 Å². The molecular weight excluding hydrogens is 147 g/mol. The van der Waals surface area contributed by atoms with Crippen LogP contribution in [0.25, 0.3) is 0 Å². The van der Waals surface area contributed by atoms with Crippen LogP contribution in [0.1, 0.15) is 0 Å². The maximum absolute atomic E-state index is 8.90. The van der Waals surface area contributed by atoms with Crippen molar-refractivity contribution in [2.45, 2.75) is 0 Å². The van der Waals surface area contributed by atoms with Crippen molar-refractivity contribution < 1.29 is 36.5 Å². The summed E-state index contributed by atoms with van der Waals surface area (Å²) in [5.74, 6) is 0. The van der Waals surface area contributed by atoms with Crippen molar-refractivity contribution in [2.75, 3.05) is 0 Å². The average molecular weight is 156 g/mol. The van der Waals surface area contributed by atoms with E-state index >= 15 is 0 Å². The Balaban J connectivity index is -0.0000000133. The predicted octanol–water partition coefficient (Wildman–Crippen LogP) is -2.97. The van der Waals surface area contributed by atoms with E-state index in [0.717, 1.165) is 0 Å². The maximum atomic E-state index is 8.90. The molecule has 56 valence electrons. The molecule has 0 bridgehead atoms. The van der Waals surface area contributed by atoms with Gasteiger partial charge in [0.1, 0.15) is 0 Å². The average Bonchev–Trinajstić information content (AvgIpc) is 1.38. The molecule has 0 unspecified atom stereocenters. The molecule has 0 amide bonds. The fraction of sp³-hybridized carbons (Fsp3) is 0. The second-order valence-corrected chi connectivity index (χ2v) is 0.357. The molecule has 0 aromatic heterocycles. The zero-order valence-corrected chi connectivity index (χ0v) is 3.71. The van der Waals surface area contributed by atoms with Crippen molar-refractivity contribution in [3.8, 4) is 0 Å². The second-order valence-electron chi connectivity index (χ2n) is 0.357. The van der Waals surface area contributed by atoms with Gasteiger partial charge in [-0.15, -0.1) is 0 Å². The molecule has 0 saturated heterocycles. The van der Waals surface area contributed by atoms with Crippen molar-refractivity contribution in [3.63, 3.8) is 0 Å². The Morgan fingerprint density at radius 2 is 1.33 bits per heavy atom. The van der Waals surface area contributed by atoms with Gasteiger partial charge in [-0.2, -0.15) is 5.26 Å². The van der Waals surface area contributed by atoms with Crippen LogP contribution >= 0.6 is 0 Å². The molecule has 9 heavy (non-hydrogen) atoms. The van der Waals surface area contributed by atoms with Gasteiger partial charge in [-0.1, -0.05) is 0 Å². The van der Waals surface area contributed by atoms with Crippen LogP contribution in [0.15, 0.2) is 0 Å². The topological polar surface area (TPSA) is 161 Å². The van der Waals surface area contributed by atoms with Crippen molar-refractivity contribution in [1.82, 2.24) is 0 Å². The van der Waals surface area contributed by atoms with E-state index in [9.17, 15) is 0 Å². The van der Waals surface area contributed by atoms with Gasteiger partial charge in [-0.3, -0.25) is 4.89 Å². The van der Waals surface area contributed by atoms with E-state index in [0.29, 0.717) is 0 Å². The molecule has 0 radical (unpaired) electrons. The van der Waals surface area contributed by atoms with Gasteiger partial charge in [0.2, 0.25) is 0 Å². The van der Waals surface area contributed by atoms with Crippen LogP contribution in [-0.4, -0.2) is 62.5 Å². The fourth-order valence-corrected chi connectivity index (χ4v) is 0. The molecule has 0 aliphatic heterocycles. The Bertz CT molecular complexity index is 44.2. The van der Waals surface area contributed by atoms with Crippen LogP contribution in [0.4, 0.5) is 4.79 Å². The molecule has 0 aliphatic rings. The number of carbonyl (C=O) groups is 1. The van der Waals surface area contributed by atoms with Crippen LogP contribution in [0.3, 0.4) is 0 Å². The molecule has 0 aliphatic carbocycles. The van der Waals surface area contributed by atoms with E-state index in [4.69, 9.17) is 15.2 Å². The Labute approximate surface area is 72.4 Å². The quantitative estimate of drug-likeness (QED) is 0.217. The van der Waals surface area contributed by atoms with Crippen LogP contribution < -0.4 is 0 Å². The van der Waals surface area contributed by atoms with Gasteiger partial charge < -0.3 is 21.5 Å². The normalized spacial score (nSPS) is 3.67. The third-order valence-corrected chi connectivity index (χ3v) is 0.0781. The molecule has 8 heteroatoms. The van der Waals surface area contributed by atoms with E-state index in [1.807, 2.05) is 0 Å². The summed E-state index contributed by atoms with van der Waals surface area (Å²) < 4.78 is 0. The SMILES string of the molecule is O.O.O.O=C(O)OO.[NaH]. The number of carboxylic acid groups (broad SMARTS) is 1. The zero-order valence-electron chi connectivity index (χ0n) is 3.71. The monoisotopic (exact) mass is 156 g/mol. The number of hydrogen-bond donors (Lipinski definition) is 2. The van der Waals surface area contributed by atoms with Crippen molar-refractivity contribution in [1.29, 1.82) is 0 Å². The molecule has 0 spiro atoms. The third kappa shape index (κ3) is 68.0. The van der Waals surface area contributed by atoms with Crippen LogP contribution in [0, 0.1) is 0 Å². The van der Waals surface area contributed by atoms with Gasteiger partial charge in [0, 0.05) is 0 Å². The van der Waals surface area contributed by atoms with Crippen LogP contribution in [0.2, 0.25) is 0 Å². The number of hydrogen-bond acceptors (Lipinski definition) is 3. The first-order chi connectivity index (χ1) is 2.27. The summed E-state index contributed by atoms with van der Waals surface area (Å²) in [4.78, 5) is 11.6. The van der Waals surface area contributed by atoms with Gasteiger partial charge in [0.15, 0.2) is 0 Å². The minimum absolute atomic E-state index is 0. The summed E-state index contributed by atoms with van der Waals surface area (Å²) in [5, 5.41) is 14.3. The Hall–Kier alpha value is 0.110. The zero-order chi connectivity index (χ0) is 4.28. The molecule has 0 rings (SSSR count). The molecule has 0 aromatic rings. The third-order valence-electron chi connectivity index (χ3n) is 0.0781. The summed E-state index contributed by atoms with van der Waals surface area (Å²) in [6.07, 6.45) is -1.69. The summed E-state index contributed by atoms with van der Waals surface area (Å²) >= 11 is 0. The molecular formula is CH9NaO7. The Morgan fingerprint density at radius 1 is 1.22 bits per heavy atom. The standard InChI is InChI=1S/CH2O4.Na.3H2O.H/c2-1(3)5-4;;;;;/h4H,(H,2,3);;3*1H2;. The summed E-state index contributed by atoms with van der Waals surface area (Å²) in [5.41, 5.74) is 0. The summed E-state index contributed by atoms with van der Waals surface area (Å²) in [7, 11) is 0. The molecule has 8 N–H and O–H groups in total. The first-order valence-corrected chi connectivity index (χ1v) is 0.814. The molecule has 0 fully saturated rings. The molecule has 7 nitrogen and oxygen atoms in total. The Morgan fingerprint density at radius 3 is 1.33 bits per heavy atom. The van der Waals surface area contributed by atoms with Gasteiger partial charge in [0.05, 0.1) is 0 Å². The Kier molecular flexibility index (Phi) is 95.7. The van der Waals surface area contributed by atoms with Crippen molar-refractivity contribution in [2.24, 2.45) is 0 Å². The fourth-order valence-electron chi connectivity index (χ4n) is 0. The van der Waals surface area contributed by atoms with E-state index < -0.39 is 6.16 Å². The van der Waals surface area contributed by atoms with Gasteiger partial charge in [-0.05, 0) is 0 Å². The van der Waals surface area contributed by atoms with Crippen molar-refractivity contribution in [3.05, 3.63) is 0 Å². The van der Waals surface area contributed by atoms with Crippen molar-refractivity contribution >= 4 is 35.7 Å². The van der Waals surface area contributed by atoms with E-state index in [1.165, 1.54) is 0 Å². The first kappa shape index (κ1) is 35.5. The molecule has 0 atom stereocenters. The number of rotatable bonds is 0. The molecule has 0 saturated carbocycles. The van der Waals surface area contributed by atoms with E-state index in [-0.39, 0.29) is 46.0 Å². The minimum atomic E-state index is -1.69. The molecule has 0 aromatic carbocycles. The first-order valence-electron chi connectivity index (χ1n) is 0.814.